The number of rotatable bonds is 7. The second-order valence-electron chi connectivity index (χ2n) is 8.67. The van der Waals surface area contributed by atoms with Crippen LogP contribution in [0.15, 0.2) is 53.2 Å². The van der Waals surface area contributed by atoms with Gasteiger partial charge >= 0.3 is 11.7 Å². The van der Waals surface area contributed by atoms with Gasteiger partial charge in [-0.3, -0.25) is 4.79 Å². The van der Waals surface area contributed by atoms with Gasteiger partial charge in [0.25, 0.3) is 0 Å². The van der Waals surface area contributed by atoms with E-state index in [-0.39, 0.29) is 45.9 Å². The van der Waals surface area contributed by atoms with Gasteiger partial charge in [-0.15, -0.1) is 0 Å². The number of phenols is 1. The zero-order valence-corrected chi connectivity index (χ0v) is 20.6. The third-order valence-electron chi connectivity index (χ3n) is 6.13. The van der Waals surface area contributed by atoms with Gasteiger partial charge in [0, 0.05) is 31.2 Å². The molecule has 6 unspecified atom stereocenters. The minimum atomic E-state index is -1.73. The molecule has 1 saturated heterocycles. The van der Waals surface area contributed by atoms with Crippen molar-refractivity contribution >= 4 is 11.7 Å². The summed E-state index contributed by atoms with van der Waals surface area (Å²) in [5.74, 6) is -1.22. The molecule has 3 aliphatic rings. The van der Waals surface area contributed by atoms with Crippen molar-refractivity contribution in [3.63, 3.8) is 0 Å². The number of carbonyl (C=O) groups excluding carboxylic acids is 1. The molecule has 0 bridgehead atoms. The third-order valence-corrected chi connectivity index (χ3v) is 6.13. The molecule has 4 rings (SSSR count). The van der Waals surface area contributed by atoms with Crippen LogP contribution in [0.2, 0.25) is 0 Å². The Labute approximate surface area is 216 Å². The van der Waals surface area contributed by atoms with Gasteiger partial charge in [0.1, 0.15) is 42.5 Å². The molecule has 2 aliphatic heterocycles. The maximum Gasteiger partial charge on any atom is 0.305 e. The first-order chi connectivity index (χ1) is 18.0. The van der Waals surface area contributed by atoms with E-state index in [0.29, 0.717) is 5.56 Å². The Bertz CT molecular complexity index is 1190. The molecule has 7 N–H and O–H groups in total. The number of ether oxygens (including phenoxy) is 6. The van der Waals surface area contributed by atoms with Crippen molar-refractivity contribution < 1.29 is 63.9 Å². The standard InChI is InChI=1S/C25H28O13/c1-10(26)35-9-19-21(30)22(31)23(32)25(38-19)37-18-8-13-14(28)6-12(27)7-15(13)36-24(18)11-4-16(33-2)20(29)17(5-11)34-3/h4-8,15,19,21-23,25,27-32H,9H2,1-3H3/p+1. The smallest absolute Gasteiger partial charge is 0.305 e. The Morgan fingerprint density at radius 1 is 1.00 bits per heavy atom. The first-order valence-corrected chi connectivity index (χ1v) is 11.5. The van der Waals surface area contributed by atoms with Gasteiger partial charge in [0.2, 0.25) is 23.9 Å². The minimum absolute atomic E-state index is 0.0420. The van der Waals surface area contributed by atoms with Crippen LogP contribution in [-0.4, -0.2) is 99.0 Å². The average molecular weight is 537 g/mol. The topological polar surface area (TPSA) is 197 Å². The molecule has 1 aliphatic carbocycles. The molecular formula is C25H29O13+. The van der Waals surface area contributed by atoms with E-state index >= 15 is 0 Å². The van der Waals surface area contributed by atoms with E-state index in [1.807, 2.05) is 0 Å². The molecule has 1 aromatic carbocycles. The first-order valence-electron chi connectivity index (χ1n) is 11.5. The number of hydrogen-bond acceptors (Lipinski definition) is 12. The quantitative estimate of drug-likeness (QED) is 0.204. The van der Waals surface area contributed by atoms with Gasteiger partial charge in [0.05, 0.1) is 31.4 Å². The lowest BCUT2D eigenvalue weighted by molar-refractivity contribution is -0.291. The highest BCUT2D eigenvalue weighted by molar-refractivity contribution is 5.71. The summed E-state index contributed by atoms with van der Waals surface area (Å²) >= 11 is 0. The van der Waals surface area contributed by atoms with E-state index in [0.717, 1.165) is 13.0 Å². The van der Waals surface area contributed by atoms with E-state index in [1.165, 1.54) is 38.5 Å². The van der Waals surface area contributed by atoms with Crippen molar-refractivity contribution in [3.8, 4) is 17.2 Å². The van der Waals surface area contributed by atoms with Crippen LogP contribution in [0.25, 0.3) is 5.76 Å². The van der Waals surface area contributed by atoms with Crippen LogP contribution in [0.1, 0.15) is 12.5 Å². The second-order valence-corrected chi connectivity index (χ2v) is 8.67. The maximum absolute atomic E-state index is 11.2. The third kappa shape index (κ3) is 5.22. The number of carbonyl (C=O) groups is 1. The number of benzene rings is 1. The zero-order valence-electron chi connectivity index (χ0n) is 20.6. The van der Waals surface area contributed by atoms with Gasteiger partial charge < -0.3 is 59.1 Å². The number of hydrogen-bond donors (Lipinski definition) is 6. The maximum atomic E-state index is 11.2. The van der Waals surface area contributed by atoms with Gasteiger partial charge in [-0.05, 0) is 0 Å². The highest BCUT2D eigenvalue weighted by atomic mass is 16.7. The fraction of sp³-hybridized carbons (Fsp3) is 0.400. The summed E-state index contributed by atoms with van der Waals surface area (Å²) in [4.78, 5) is 11.2. The summed E-state index contributed by atoms with van der Waals surface area (Å²) in [6, 6.07) is 2.89. The molecule has 6 atom stereocenters. The highest BCUT2D eigenvalue weighted by Gasteiger charge is 2.47. The Hall–Kier alpha value is -3.91. The minimum Gasteiger partial charge on any atom is -0.571 e. The molecule has 2 heterocycles. The Balaban J connectivity index is 1.77. The molecule has 13 nitrogen and oxygen atoms in total. The summed E-state index contributed by atoms with van der Waals surface area (Å²) in [5.41, 5.74) is 0.577. The molecule has 38 heavy (non-hydrogen) atoms. The van der Waals surface area contributed by atoms with Crippen LogP contribution in [0.4, 0.5) is 0 Å². The monoisotopic (exact) mass is 537 g/mol. The van der Waals surface area contributed by atoms with Gasteiger partial charge in [-0.1, -0.05) is 0 Å². The zero-order chi connectivity index (χ0) is 27.7. The first kappa shape index (κ1) is 27.1. The van der Waals surface area contributed by atoms with E-state index in [9.17, 15) is 35.4 Å². The lowest BCUT2D eigenvalue weighted by Gasteiger charge is -2.40. The molecule has 206 valence electrons. The van der Waals surface area contributed by atoms with Crippen molar-refractivity contribution in [2.24, 2.45) is 0 Å². The number of aromatic hydroxyl groups is 1. The molecule has 1 fully saturated rings. The molecule has 1 aromatic rings. The normalized spacial score (nSPS) is 28.7. The number of aliphatic hydroxyl groups is 7. The summed E-state index contributed by atoms with van der Waals surface area (Å²) in [6.45, 7) is 0.744. The van der Waals surface area contributed by atoms with Gasteiger partial charge in [-0.2, -0.15) is 0 Å². The number of fused-ring (bicyclic) bond motifs is 1. The largest absolute Gasteiger partial charge is 0.571 e. The number of phenolic OH excluding ortho intramolecular Hbond substituents is 1. The van der Waals surface area contributed by atoms with Crippen LogP contribution in [-0.2, 0) is 19.0 Å². The number of methoxy groups -OCH3 is 2. The van der Waals surface area contributed by atoms with Crippen LogP contribution >= 0.6 is 0 Å². The van der Waals surface area contributed by atoms with Crippen molar-refractivity contribution in [2.45, 2.75) is 43.7 Å². The van der Waals surface area contributed by atoms with Crippen molar-refractivity contribution in [1.82, 2.24) is 0 Å². The lowest BCUT2D eigenvalue weighted by Crippen LogP contribution is -2.59. The lowest BCUT2D eigenvalue weighted by atomic mass is 9.96. The Kier molecular flexibility index (Phi) is 7.73. The van der Waals surface area contributed by atoms with E-state index in [2.05, 4.69) is 4.74 Å². The highest BCUT2D eigenvalue weighted by Crippen LogP contribution is 2.42. The molecule has 0 aromatic heterocycles. The molecule has 0 amide bonds. The molecule has 0 saturated carbocycles. The number of allylic oxidation sites excluding steroid dienone is 2. The Morgan fingerprint density at radius 3 is 2.26 bits per heavy atom. The van der Waals surface area contributed by atoms with E-state index < -0.39 is 49.4 Å². The van der Waals surface area contributed by atoms with E-state index in [4.69, 9.17) is 23.7 Å². The Morgan fingerprint density at radius 2 is 1.66 bits per heavy atom. The fourth-order valence-electron chi connectivity index (χ4n) is 4.17. The van der Waals surface area contributed by atoms with Crippen molar-refractivity contribution in [1.29, 1.82) is 0 Å². The molecule has 13 heteroatoms. The van der Waals surface area contributed by atoms with E-state index in [1.54, 1.807) is 0 Å². The summed E-state index contributed by atoms with van der Waals surface area (Å²) in [7, 11) is 2.68. The predicted molar refractivity (Wildman–Crippen MR) is 128 cm³/mol. The summed E-state index contributed by atoms with van der Waals surface area (Å²) in [6.07, 6.45) is -4.74. The molecule has 0 radical (unpaired) electrons. The fourth-order valence-corrected chi connectivity index (χ4v) is 4.17. The second kappa shape index (κ2) is 10.8. The number of esters is 1. The van der Waals surface area contributed by atoms with Gasteiger partial charge in [0.15, 0.2) is 11.5 Å². The van der Waals surface area contributed by atoms with Crippen LogP contribution < -0.4 is 9.47 Å². The van der Waals surface area contributed by atoms with Crippen molar-refractivity contribution in [3.05, 3.63) is 58.8 Å². The number of aliphatic hydroxyl groups excluding tert-OH is 5. The molecular weight excluding hydrogens is 508 g/mol. The summed E-state index contributed by atoms with van der Waals surface area (Å²) in [5, 5.41) is 62.0. The average Bonchev–Trinajstić information content (AvgIpc) is 2.88. The van der Waals surface area contributed by atoms with Crippen molar-refractivity contribution in [2.75, 3.05) is 20.8 Å². The van der Waals surface area contributed by atoms with Crippen LogP contribution in [0.5, 0.6) is 17.2 Å². The predicted octanol–water partition coefficient (Wildman–Crippen LogP) is 0.199. The summed E-state index contributed by atoms with van der Waals surface area (Å²) < 4.78 is 31.5. The van der Waals surface area contributed by atoms with Crippen LogP contribution in [0, 0.1) is 0 Å². The van der Waals surface area contributed by atoms with Crippen LogP contribution in [0.3, 0.4) is 0 Å². The molecule has 0 spiro atoms. The SMILES string of the molecule is COc1cc(C2=C(OC3OC(COC(C)=O)C(O)C(O)C3O)C=C3C(O)=CC(O)=CC3[OH+]2)cc(OC)c1O. The van der Waals surface area contributed by atoms with Gasteiger partial charge in [-0.25, -0.2) is 0 Å².